The number of hydrazine groups is 1. The Morgan fingerprint density at radius 3 is 2.47 bits per heavy atom. The zero-order valence-electron chi connectivity index (χ0n) is 10.0. The number of nitrogens with one attached hydrogen (secondary N) is 1. The summed E-state index contributed by atoms with van der Waals surface area (Å²) in [6.45, 7) is 5.99. The number of ether oxygens (including phenoxy) is 1. The van der Waals surface area contributed by atoms with Crippen molar-refractivity contribution in [3.63, 3.8) is 0 Å². The van der Waals surface area contributed by atoms with Gasteiger partial charge in [0.1, 0.15) is 0 Å². The molecule has 1 rings (SSSR count). The molecule has 0 spiro atoms. The Balaban J connectivity index is 2.71. The first-order valence-electron chi connectivity index (χ1n) is 5.80. The fraction of sp³-hybridized carbons (Fsp3) is 0.833. The highest BCUT2D eigenvalue weighted by Gasteiger charge is 2.39. The zero-order valence-corrected chi connectivity index (χ0v) is 10.0. The topological polar surface area (TPSA) is 47.3 Å². The number of nitrogens with two attached hydrogens (primary N) is 1. The zero-order chi connectivity index (χ0) is 11.3. The third-order valence-corrected chi connectivity index (χ3v) is 3.50. The molecule has 0 aromatic carbocycles. The first-order valence-corrected chi connectivity index (χ1v) is 5.80. The molecule has 1 aliphatic carbocycles. The minimum Gasteiger partial charge on any atom is -0.377 e. The fourth-order valence-corrected chi connectivity index (χ4v) is 2.59. The van der Waals surface area contributed by atoms with E-state index in [0.29, 0.717) is 0 Å². The van der Waals surface area contributed by atoms with Crippen LogP contribution >= 0.6 is 0 Å². The quantitative estimate of drug-likeness (QED) is 0.417. The summed E-state index contributed by atoms with van der Waals surface area (Å²) in [5, 5.41) is 0. The first-order chi connectivity index (χ1) is 7.14. The van der Waals surface area contributed by atoms with Gasteiger partial charge >= 0.3 is 0 Å². The molecule has 1 saturated carbocycles. The monoisotopic (exact) mass is 212 g/mol. The van der Waals surface area contributed by atoms with Crippen LogP contribution in [0.4, 0.5) is 0 Å². The summed E-state index contributed by atoms with van der Waals surface area (Å²) in [7, 11) is 1.80. The van der Waals surface area contributed by atoms with E-state index in [0.717, 1.165) is 24.8 Å². The molecular weight excluding hydrogens is 188 g/mol. The second kappa shape index (κ2) is 5.64. The van der Waals surface area contributed by atoms with Crippen LogP contribution in [0.25, 0.3) is 0 Å². The second-order valence-corrected chi connectivity index (χ2v) is 4.71. The molecule has 0 aliphatic heterocycles. The third kappa shape index (κ3) is 3.03. The standard InChI is InChI=1S/C12H24N2O/c1-10(2)9-11(14-13)12(15-3)7-5-4-6-8-12/h11,14H,1,4-9,13H2,2-3H3. The second-order valence-electron chi connectivity index (χ2n) is 4.71. The normalized spacial score (nSPS) is 22.3. The molecule has 1 aliphatic rings. The van der Waals surface area contributed by atoms with E-state index in [-0.39, 0.29) is 11.6 Å². The van der Waals surface area contributed by atoms with Crippen LogP contribution in [0.15, 0.2) is 12.2 Å². The van der Waals surface area contributed by atoms with Crippen LogP contribution in [0, 0.1) is 0 Å². The van der Waals surface area contributed by atoms with Crippen molar-refractivity contribution in [1.82, 2.24) is 5.43 Å². The lowest BCUT2D eigenvalue weighted by molar-refractivity contribution is -0.0673. The van der Waals surface area contributed by atoms with Gasteiger partial charge in [0.2, 0.25) is 0 Å². The lowest BCUT2D eigenvalue weighted by atomic mass is 9.77. The number of hydrogen-bond donors (Lipinski definition) is 2. The largest absolute Gasteiger partial charge is 0.377 e. The van der Waals surface area contributed by atoms with E-state index in [1.165, 1.54) is 19.3 Å². The van der Waals surface area contributed by atoms with Crippen molar-refractivity contribution < 1.29 is 4.74 Å². The van der Waals surface area contributed by atoms with E-state index in [1.54, 1.807) is 7.11 Å². The van der Waals surface area contributed by atoms with E-state index in [9.17, 15) is 0 Å². The van der Waals surface area contributed by atoms with Crippen LogP contribution in [0.1, 0.15) is 45.4 Å². The van der Waals surface area contributed by atoms with E-state index in [1.807, 2.05) is 6.92 Å². The molecule has 3 nitrogen and oxygen atoms in total. The Kier molecular flexibility index (Phi) is 4.77. The van der Waals surface area contributed by atoms with E-state index < -0.39 is 0 Å². The molecule has 0 heterocycles. The lowest BCUT2D eigenvalue weighted by Gasteiger charge is -2.42. The molecule has 0 bridgehead atoms. The molecule has 15 heavy (non-hydrogen) atoms. The first kappa shape index (κ1) is 12.7. The molecule has 0 amide bonds. The molecule has 88 valence electrons. The molecule has 0 aromatic rings. The van der Waals surface area contributed by atoms with Gasteiger partial charge in [-0.05, 0) is 26.2 Å². The van der Waals surface area contributed by atoms with E-state index in [4.69, 9.17) is 10.6 Å². The van der Waals surface area contributed by atoms with Gasteiger partial charge in [-0.2, -0.15) is 0 Å². The molecule has 0 radical (unpaired) electrons. The van der Waals surface area contributed by atoms with Gasteiger partial charge in [-0.15, -0.1) is 6.58 Å². The Hall–Kier alpha value is -0.380. The van der Waals surface area contributed by atoms with Crippen molar-refractivity contribution in [1.29, 1.82) is 0 Å². The number of methoxy groups -OCH3 is 1. The number of rotatable bonds is 5. The maximum absolute atomic E-state index is 5.75. The minimum absolute atomic E-state index is 0.0774. The van der Waals surface area contributed by atoms with Crippen LogP contribution < -0.4 is 11.3 Å². The van der Waals surface area contributed by atoms with Crippen LogP contribution in [-0.2, 0) is 4.74 Å². The third-order valence-electron chi connectivity index (χ3n) is 3.50. The summed E-state index contributed by atoms with van der Waals surface area (Å²) in [5.74, 6) is 5.64. The molecular formula is C12H24N2O. The summed E-state index contributed by atoms with van der Waals surface area (Å²) in [5.41, 5.74) is 3.98. The maximum Gasteiger partial charge on any atom is 0.0847 e. The Labute approximate surface area is 93.0 Å². The summed E-state index contributed by atoms with van der Waals surface area (Å²) < 4.78 is 5.75. The van der Waals surface area contributed by atoms with Gasteiger partial charge in [0, 0.05) is 7.11 Å². The smallest absolute Gasteiger partial charge is 0.0847 e. The Morgan fingerprint density at radius 1 is 1.47 bits per heavy atom. The average Bonchev–Trinajstić information content (AvgIpc) is 2.26. The summed E-state index contributed by atoms with van der Waals surface area (Å²) >= 11 is 0. The Bertz CT molecular complexity index is 210. The molecule has 0 aromatic heterocycles. The molecule has 1 unspecified atom stereocenters. The van der Waals surface area contributed by atoms with Crippen LogP contribution in [0.3, 0.4) is 0 Å². The SMILES string of the molecule is C=C(C)CC(NN)C1(OC)CCCCC1. The molecule has 0 saturated heterocycles. The molecule has 3 heteroatoms. The highest BCUT2D eigenvalue weighted by molar-refractivity contribution is 5.02. The van der Waals surface area contributed by atoms with Crippen molar-refractivity contribution in [3.8, 4) is 0 Å². The highest BCUT2D eigenvalue weighted by atomic mass is 16.5. The predicted octanol–water partition coefficient (Wildman–Crippen LogP) is 2.13. The lowest BCUT2D eigenvalue weighted by Crippen LogP contribution is -2.55. The van der Waals surface area contributed by atoms with Crippen LogP contribution in [0.5, 0.6) is 0 Å². The summed E-state index contributed by atoms with van der Waals surface area (Å²) in [4.78, 5) is 0. The van der Waals surface area contributed by atoms with E-state index in [2.05, 4.69) is 12.0 Å². The Morgan fingerprint density at radius 2 is 2.07 bits per heavy atom. The van der Waals surface area contributed by atoms with Gasteiger partial charge in [-0.1, -0.05) is 24.8 Å². The maximum atomic E-state index is 5.75. The van der Waals surface area contributed by atoms with Crippen molar-refractivity contribution in [2.45, 2.75) is 57.1 Å². The predicted molar refractivity (Wildman–Crippen MR) is 63.4 cm³/mol. The van der Waals surface area contributed by atoms with Crippen molar-refractivity contribution >= 4 is 0 Å². The highest BCUT2D eigenvalue weighted by Crippen LogP contribution is 2.35. The summed E-state index contributed by atoms with van der Waals surface area (Å²) in [6.07, 6.45) is 6.89. The van der Waals surface area contributed by atoms with Gasteiger partial charge in [0.05, 0.1) is 11.6 Å². The van der Waals surface area contributed by atoms with Crippen LogP contribution in [0.2, 0.25) is 0 Å². The van der Waals surface area contributed by atoms with Crippen molar-refractivity contribution in [3.05, 3.63) is 12.2 Å². The van der Waals surface area contributed by atoms with Crippen LogP contribution in [-0.4, -0.2) is 18.8 Å². The molecule has 1 atom stereocenters. The van der Waals surface area contributed by atoms with Gasteiger partial charge in [0.15, 0.2) is 0 Å². The van der Waals surface area contributed by atoms with Gasteiger partial charge in [-0.3, -0.25) is 11.3 Å². The van der Waals surface area contributed by atoms with Gasteiger partial charge in [0.25, 0.3) is 0 Å². The van der Waals surface area contributed by atoms with Crippen molar-refractivity contribution in [2.75, 3.05) is 7.11 Å². The van der Waals surface area contributed by atoms with E-state index >= 15 is 0 Å². The van der Waals surface area contributed by atoms with Gasteiger partial charge in [-0.25, -0.2) is 0 Å². The summed E-state index contributed by atoms with van der Waals surface area (Å²) in [6, 6.07) is 0.195. The minimum atomic E-state index is -0.0774. The van der Waals surface area contributed by atoms with Crippen molar-refractivity contribution in [2.24, 2.45) is 5.84 Å². The molecule has 3 N–H and O–H groups in total. The average molecular weight is 212 g/mol. The van der Waals surface area contributed by atoms with Gasteiger partial charge < -0.3 is 4.74 Å². The fourth-order valence-electron chi connectivity index (χ4n) is 2.59. The number of hydrogen-bond acceptors (Lipinski definition) is 3. The molecule has 1 fully saturated rings.